The van der Waals surface area contributed by atoms with Crippen molar-refractivity contribution in [3.8, 4) is 11.5 Å². The number of thiophene rings is 1. The molecule has 0 aliphatic carbocycles. The van der Waals surface area contributed by atoms with Gasteiger partial charge in [-0.15, -0.1) is 11.3 Å². The third kappa shape index (κ3) is 5.34. The molecule has 0 atom stereocenters. The average molecular weight is 382 g/mol. The molecule has 0 unspecified atom stereocenters. The summed E-state index contributed by atoms with van der Waals surface area (Å²) >= 11 is 1.55. The lowest BCUT2D eigenvalue weighted by Crippen LogP contribution is -1.93. The Hall–Kier alpha value is -2.79. The molecule has 0 N–H and O–H groups in total. The van der Waals surface area contributed by atoms with Crippen LogP contribution in [0.5, 0.6) is 11.5 Å². The molecule has 0 aliphatic heterocycles. The normalized spacial score (nSPS) is 11.0. The Morgan fingerprint density at radius 2 is 1.85 bits per heavy atom. The molecule has 0 saturated carbocycles. The molecule has 0 fully saturated rings. The van der Waals surface area contributed by atoms with Crippen molar-refractivity contribution < 1.29 is 18.7 Å². The van der Waals surface area contributed by atoms with E-state index in [1.807, 2.05) is 48.5 Å². The maximum Gasteiger partial charge on any atom is 0.195 e. The summed E-state index contributed by atoms with van der Waals surface area (Å²) < 4.78 is 16.5. The highest BCUT2D eigenvalue weighted by Gasteiger charge is 2.07. The van der Waals surface area contributed by atoms with E-state index < -0.39 is 0 Å². The van der Waals surface area contributed by atoms with Crippen LogP contribution in [0.2, 0.25) is 0 Å². The van der Waals surface area contributed by atoms with Crippen molar-refractivity contribution in [1.82, 2.24) is 0 Å². The molecule has 2 heterocycles. The molecule has 2 aromatic heterocycles. The van der Waals surface area contributed by atoms with Crippen molar-refractivity contribution >= 4 is 23.2 Å². The van der Waals surface area contributed by atoms with Gasteiger partial charge in [0.2, 0.25) is 0 Å². The van der Waals surface area contributed by atoms with Gasteiger partial charge in [-0.05, 0) is 67.1 Å². The Kier molecular flexibility index (Phi) is 6.49. The monoisotopic (exact) mass is 382 g/mol. The molecular formula is C22H22O4S. The van der Waals surface area contributed by atoms with Gasteiger partial charge in [-0.3, -0.25) is 4.79 Å². The molecule has 140 valence electrons. The van der Waals surface area contributed by atoms with E-state index in [-0.39, 0.29) is 5.78 Å². The van der Waals surface area contributed by atoms with Crippen LogP contribution in [0, 0.1) is 0 Å². The van der Waals surface area contributed by atoms with E-state index in [1.54, 1.807) is 30.6 Å². The fourth-order valence-electron chi connectivity index (χ4n) is 2.52. The molecule has 0 aliphatic rings. The van der Waals surface area contributed by atoms with Gasteiger partial charge in [-0.1, -0.05) is 13.3 Å². The van der Waals surface area contributed by atoms with Crippen molar-refractivity contribution in [2.75, 3.05) is 7.11 Å². The van der Waals surface area contributed by atoms with E-state index in [1.165, 1.54) is 4.88 Å². The van der Waals surface area contributed by atoms with E-state index in [2.05, 4.69) is 6.92 Å². The molecule has 3 rings (SSSR count). The number of ketones is 1. The molecular weight excluding hydrogens is 360 g/mol. The lowest BCUT2D eigenvalue weighted by atomic mass is 10.2. The SMILES string of the molecule is CCCc1ccc(C(=O)/C=C/c2ccc(COc3ccc(OC)cc3)o2)s1. The first kappa shape index (κ1) is 19.0. The van der Waals surface area contributed by atoms with Crippen LogP contribution in [0.15, 0.2) is 59.0 Å². The summed E-state index contributed by atoms with van der Waals surface area (Å²) in [6.45, 7) is 2.45. The van der Waals surface area contributed by atoms with Gasteiger partial charge in [0.15, 0.2) is 5.78 Å². The van der Waals surface area contributed by atoms with E-state index >= 15 is 0 Å². The molecule has 4 nitrogen and oxygen atoms in total. The summed E-state index contributed by atoms with van der Waals surface area (Å²) in [5.74, 6) is 2.83. The number of carbonyl (C=O) groups is 1. The first-order valence-corrected chi connectivity index (χ1v) is 9.66. The van der Waals surface area contributed by atoms with Gasteiger partial charge in [0.1, 0.15) is 29.6 Å². The van der Waals surface area contributed by atoms with Crippen LogP contribution in [-0.4, -0.2) is 12.9 Å². The van der Waals surface area contributed by atoms with Crippen LogP contribution in [-0.2, 0) is 13.0 Å². The zero-order chi connectivity index (χ0) is 19.1. The number of rotatable bonds is 9. The molecule has 27 heavy (non-hydrogen) atoms. The number of methoxy groups -OCH3 is 1. The van der Waals surface area contributed by atoms with Crippen molar-refractivity contribution in [3.63, 3.8) is 0 Å². The average Bonchev–Trinajstić information content (AvgIpc) is 3.35. The number of furan rings is 1. The van der Waals surface area contributed by atoms with Crippen molar-refractivity contribution in [2.45, 2.75) is 26.4 Å². The molecule has 0 saturated heterocycles. The molecule has 1 aromatic carbocycles. The Morgan fingerprint density at radius 3 is 2.59 bits per heavy atom. The van der Waals surface area contributed by atoms with Gasteiger partial charge in [-0.25, -0.2) is 0 Å². The topological polar surface area (TPSA) is 48.7 Å². The van der Waals surface area contributed by atoms with Crippen LogP contribution in [0.1, 0.15) is 39.4 Å². The van der Waals surface area contributed by atoms with E-state index in [0.29, 0.717) is 18.1 Å². The molecule has 3 aromatic rings. The summed E-state index contributed by atoms with van der Waals surface area (Å²) in [5.41, 5.74) is 0. The van der Waals surface area contributed by atoms with Crippen molar-refractivity contribution in [3.05, 3.63) is 75.9 Å². The number of carbonyl (C=O) groups excluding carboxylic acids is 1. The fraction of sp³-hybridized carbons (Fsp3) is 0.227. The highest BCUT2D eigenvalue weighted by molar-refractivity contribution is 7.14. The molecule has 0 radical (unpaired) electrons. The molecule has 0 bridgehead atoms. The summed E-state index contributed by atoms with van der Waals surface area (Å²) in [4.78, 5) is 14.2. The third-order valence-electron chi connectivity index (χ3n) is 3.92. The van der Waals surface area contributed by atoms with Crippen molar-refractivity contribution in [1.29, 1.82) is 0 Å². The van der Waals surface area contributed by atoms with Crippen LogP contribution in [0.3, 0.4) is 0 Å². The number of hydrogen-bond acceptors (Lipinski definition) is 5. The first-order valence-electron chi connectivity index (χ1n) is 8.84. The molecule has 0 amide bonds. The predicted molar refractivity (Wildman–Crippen MR) is 108 cm³/mol. The van der Waals surface area contributed by atoms with Gasteiger partial charge >= 0.3 is 0 Å². The summed E-state index contributed by atoms with van der Waals surface area (Å²) in [7, 11) is 1.63. The minimum Gasteiger partial charge on any atom is -0.497 e. The number of hydrogen-bond donors (Lipinski definition) is 0. The van der Waals surface area contributed by atoms with E-state index in [0.717, 1.165) is 29.2 Å². The van der Waals surface area contributed by atoms with E-state index in [4.69, 9.17) is 13.9 Å². The maximum absolute atomic E-state index is 12.3. The zero-order valence-electron chi connectivity index (χ0n) is 15.4. The van der Waals surface area contributed by atoms with Gasteiger partial charge in [0.05, 0.1) is 12.0 Å². The standard InChI is InChI=1S/C22H22O4S/c1-3-4-20-12-14-22(27-20)21(23)13-11-18-9-10-19(26-18)15-25-17-7-5-16(24-2)6-8-17/h5-14H,3-4,15H2,1-2H3/b13-11+. The molecule has 5 heteroatoms. The fourth-order valence-corrected chi connectivity index (χ4v) is 3.55. The Balaban J connectivity index is 1.54. The number of allylic oxidation sites excluding steroid dienone is 1. The highest BCUT2D eigenvalue weighted by atomic mass is 32.1. The number of benzene rings is 1. The summed E-state index contributed by atoms with van der Waals surface area (Å²) in [6, 6.07) is 15.0. The Bertz CT molecular complexity index is 903. The summed E-state index contributed by atoms with van der Waals surface area (Å²) in [5, 5.41) is 0. The molecule has 0 spiro atoms. The highest BCUT2D eigenvalue weighted by Crippen LogP contribution is 2.21. The van der Waals surface area contributed by atoms with Gasteiger partial charge in [0, 0.05) is 4.88 Å². The Labute approximate surface area is 163 Å². The predicted octanol–water partition coefficient (Wildman–Crippen LogP) is 5.78. The smallest absolute Gasteiger partial charge is 0.195 e. The largest absolute Gasteiger partial charge is 0.497 e. The van der Waals surface area contributed by atoms with Crippen LogP contribution < -0.4 is 9.47 Å². The number of aryl methyl sites for hydroxylation is 1. The maximum atomic E-state index is 12.3. The minimum absolute atomic E-state index is 0.00483. The van der Waals surface area contributed by atoms with Crippen LogP contribution in [0.4, 0.5) is 0 Å². The van der Waals surface area contributed by atoms with Crippen LogP contribution >= 0.6 is 11.3 Å². The second-order valence-electron chi connectivity index (χ2n) is 5.98. The second-order valence-corrected chi connectivity index (χ2v) is 7.15. The summed E-state index contributed by atoms with van der Waals surface area (Å²) in [6.07, 6.45) is 5.34. The number of ether oxygens (including phenoxy) is 2. The van der Waals surface area contributed by atoms with Gasteiger partial charge in [0.25, 0.3) is 0 Å². The Morgan fingerprint density at radius 1 is 1.07 bits per heavy atom. The third-order valence-corrected chi connectivity index (χ3v) is 5.08. The quantitative estimate of drug-likeness (QED) is 0.348. The van der Waals surface area contributed by atoms with Gasteiger partial charge < -0.3 is 13.9 Å². The lowest BCUT2D eigenvalue weighted by molar-refractivity contribution is 0.105. The zero-order valence-corrected chi connectivity index (χ0v) is 16.3. The van der Waals surface area contributed by atoms with E-state index in [9.17, 15) is 4.79 Å². The lowest BCUT2D eigenvalue weighted by Gasteiger charge is -2.05. The minimum atomic E-state index is -0.00483. The van der Waals surface area contributed by atoms with Gasteiger partial charge in [-0.2, -0.15) is 0 Å². The van der Waals surface area contributed by atoms with Crippen molar-refractivity contribution in [2.24, 2.45) is 0 Å². The first-order chi connectivity index (χ1) is 13.2. The van der Waals surface area contributed by atoms with Crippen LogP contribution in [0.25, 0.3) is 6.08 Å². The second kappa shape index (κ2) is 9.24.